The van der Waals surface area contributed by atoms with Crippen LogP contribution in [0.15, 0.2) is 53.0 Å². The number of nitrogens with zero attached hydrogens (tertiary/aromatic N) is 1. The molecule has 2 aromatic rings. The molecule has 1 heterocycles. The molecule has 1 amide bonds. The van der Waals surface area contributed by atoms with E-state index in [1.807, 2.05) is 55.5 Å². The van der Waals surface area contributed by atoms with Gasteiger partial charge in [0.25, 0.3) is 0 Å². The fraction of sp³-hybridized carbons (Fsp3) is 0.435. The van der Waals surface area contributed by atoms with Crippen LogP contribution in [0, 0.1) is 5.92 Å². The Balaban J connectivity index is 1.56. The lowest BCUT2D eigenvalue weighted by atomic mass is 9.95. The topological polar surface area (TPSA) is 75.7 Å². The first kappa shape index (κ1) is 23.8. The van der Waals surface area contributed by atoms with Crippen LogP contribution in [0.3, 0.4) is 0 Å². The molecular formula is C23H29BrN2O4S. The normalized spacial score (nSPS) is 16.6. The molecule has 0 unspecified atom stereocenters. The summed E-state index contributed by atoms with van der Waals surface area (Å²) in [4.78, 5) is 12.8. The van der Waals surface area contributed by atoms with Crippen molar-refractivity contribution in [3.05, 3.63) is 64.1 Å². The van der Waals surface area contributed by atoms with E-state index in [0.29, 0.717) is 25.9 Å². The predicted molar refractivity (Wildman–Crippen MR) is 125 cm³/mol. The lowest BCUT2D eigenvalue weighted by Crippen LogP contribution is -2.44. The van der Waals surface area contributed by atoms with E-state index in [-0.39, 0.29) is 23.6 Å². The number of carbonyl (C=O) groups is 1. The van der Waals surface area contributed by atoms with Crippen molar-refractivity contribution in [2.24, 2.45) is 5.92 Å². The molecule has 0 radical (unpaired) electrons. The predicted octanol–water partition coefficient (Wildman–Crippen LogP) is 4.27. The molecule has 2 aromatic carbocycles. The Morgan fingerprint density at radius 1 is 1.19 bits per heavy atom. The molecule has 1 fully saturated rings. The van der Waals surface area contributed by atoms with Gasteiger partial charge in [0.15, 0.2) is 0 Å². The Hall–Kier alpha value is -1.90. The largest absolute Gasteiger partial charge is 0.497 e. The van der Waals surface area contributed by atoms with E-state index in [4.69, 9.17) is 4.74 Å². The number of ether oxygens (including phenoxy) is 1. The first-order chi connectivity index (χ1) is 14.8. The van der Waals surface area contributed by atoms with E-state index in [2.05, 4.69) is 21.2 Å². The van der Waals surface area contributed by atoms with Crippen LogP contribution in [0.5, 0.6) is 5.75 Å². The van der Waals surface area contributed by atoms with Crippen LogP contribution in [0.2, 0.25) is 0 Å². The van der Waals surface area contributed by atoms with Crippen LogP contribution in [0.1, 0.15) is 43.4 Å². The Morgan fingerprint density at radius 3 is 2.45 bits per heavy atom. The van der Waals surface area contributed by atoms with Crippen LogP contribution in [-0.2, 0) is 20.6 Å². The van der Waals surface area contributed by atoms with Crippen molar-refractivity contribution in [3.63, 3.8) is 0 Å². The molecule has 6 nitrogen and oxygen atoms in total. The molecule has 1 N–H and O–H groups in total. The summed E-state index contributed by atoms with van der Waals surface area (Å²) in [5, 5.41) is 3.14. The molecule has 31 heavy (non-hydrogen) atoms. The van der Waals surface area contributed by atoms with Crippen LogP contribution >= 0.6 is 15.9 Å². The molecule has 0 bridgehead atoms. The smallest absolute Gasteiger partial charge is 0.223 e. The number of amides is 1. The van der Waals surface area contributed by atoms with Gasteiger partial charge in [-0.2, -0.15) is 0 Å². The third kappa shape index (κ3) is 6.30. The van der Waals surface area contributed by atoms with Gasteiger partial charge in [-0.15, -0.1) is 0 Å². The molecule has 0 spiro atoms. The summed E-state index contributed by atoms with van der Waals surface area (Å²) in [6, 6.07) is 15.0. The third-order valence-electron chi connectivity index (χ3n) is 5.70. The fourth-order valence-electron chi connectivity index (χ4n) is 3.87. The maximum atomic E-state index is 12.8. The Labute approximate surface area is 193 Å². The number of nitrogens with one attached hydrogen (secondary N) is 1. The average Bonchev–Trinajstić information content (AvgIpc) is 2.77. The lowest BCUT2D eigenvalue weighted by molar-refractivity contribution is -0.126. The van der Waals surface area contributed by atoms with Gasteiger partial charge in [0.1, 0.15) is 5.75 Å². The minimum absolute atomic E-state index is 0.00768. The standard InChI is InChI=1S/C23H29BrN2O4S/c1-3-22(18-7-9-21(30-2)10-8-18)25-23(27)19-11-13-26(14-12-19)31(28,29)16-17-5-4-6-20(24)15-17/h4-10,15,19,22H,3,11-14,16H2,1-2H3,(H,25,27)/t22-/m1/s1. The number of benzene rings is 2. The molecule has 1 aliphatic rings. The second kappa shape index (κ2) is 10.6. The number of piperidine rings is 1. The maximum absolute atomic E-state index is 12.8. The number of rotatable bonds is 8. The van der Waals surface area contributed by atoms with Crippen LogP contribution < -0.4 is 10.1 Å². The van der Waals surface area contributed by atoms with Gasteiger partial charge in [-0.1, -0.05) is 47.1 Å². The van der Waals surface area contributed by atoms with Gasteiger partial charge in [0, 0.05) is 23.5 Å². The molecule has 0 aliphatic carbocycles. The van der Waals surface area contributed by atoms with Crippen molar-refractivity contribution in [2.45, 2.75) is 38.0 Å². The van der Waals surface area contributed by atoms with Crippen LogP contribution in [0.4, 0.5) is 0 Å². The molecule has 0 saturated carbocycles. The van der Waals surface area contributed by atoms with Crippen molar-refractivity contribution in [3.8, 4) is 5.75 Å². The number of hydrogen-bond donors (Lipinski definition) is 1. The molecule has 1 aliphatic heterocycles. The summed E-state index contributed by atoms with van der Waals surface area (Å²) in [5.41, 5.74) is 1.78. The van der Waals surface area contributed by atoms with Gasteiger partial charge in [-0.3, -0.25) is 4.79 Å². The summed E-state index contributed by atoms with van der Waals surface area (Å²) in [5.74, 6) is 0.566. The summed E-state index contributed by atoms with van der Waals surface area (Å²) >= 11 is 3.38. The first-order valence-corrected chi connectivity index (χ1v) is 12.9. The summed E-state index contributed by atoms with van der Waals surface area (Å²) in [6.07, 6.45) is 1.84. The molecule has 8 heteroatoms. The molecular weight excluding hydrogens is 480 g/mol. The van der Waals surface area contributed by atoms with Crippen molar-refractivity contribution < 1.29 is 17.9 Å². The Kier molecular flexibility index (Phi) is 8.13. The van der Waals surface area contributed by atoms with Gasteiger partial charge in [-0.05, 0) is 54.7 Å². The molecule has 0 aromatic heterocycles. The number of hydrogen-bond acceptors (Lipinski definition) is 4. The third-order valence-corrected chi connectivity index (χ3v) is 8.04. The van der Waals surface area contributed by atoms with E-state index in [1.54, 1.807) is 7.11 Å². The van der Waals surface area contributed by atoms with Crippen molar-refractivity contribution in [2.75, 3.05) is 20.2 Å². The molecule has 1 saturated heterocycles. The van der Waals surface area contributed by atoms with Crippen LogP contribution in [0.25, 0.3) is 0 Å². The van der Waals surface area contributed by atoms with Crippen molar-refractivity contribution in [1.29, 1.82) is 0 Å². The van der Waals surface area contributed by atoms with Gasteiger partial charge in [-0.25, -0.2) is 12.7 Å². The van der Waals surface area contributed by atoms with Crippen molar-refractivity contribution in [1.82, 2.24) is 9.62 Å². The molecule has 168 valence electrons. The van der Waals surface area contributed by atoms with E-state index in [1.165, 1.54) is 4.31 Å². The number of halogens is 1. The number of carbonyl (C=O) groups excluding carboxylic acids is 1. The minimum atomic E-state index is -3.41. The average molecular weight is 509 g/mol. The zero-order valence-corrected chi connectivity index (χ0v) is 20.3. The van der Waals surface area contributed by atoms with E-state index >= 15 is 0 Å². The SMILES string of the molecule is CC[C@@H](NC(=O)C1CCN(S(=O)(=O)Cc2cccc(Br)c2)CC1)c1ccc(OC)cc1. The zero-order chi connectivity index (χ0) is 22.4. The second-order valence-electron chi connectivity index (χ2n) is 7.80. The van der Waals surface area contributed by atoms with E-state index < -0.39 is 10.0 Å². The monoisotopic (exact) mass is 508 g/mol. The highest BCUT2D eigenvalue weighted by molar-refractivity contribution is 9.10. The van der Waals surface area contributed by atoms with Crippen molar-refractivity contribution >= 4 is 31.9 Å². The first-order valence-electron chi connectivity index (χ1n) is 10.5. The van der Waals surface area contributed by atoms with Gasteiger partial charge >= 0.3 is 0 Å². The van der Waals surface area contributed by atoms with Crippen LogP contribution in [-0.4, -0.2) is 38.8 Å². The number of sulfonamides is 1. The maximum Gasteiger partial charge on any atom is 0.223 e. The number of methoxy groups -OCH3 is 1. The zero-order valence-electron chi connectivity index (χ0n) is 17.9. The quantitative estimate of drug-likeness (QED) is 0.577. The Morgan fingerprint density at radius 2 is 1.87 bits per heavy atom. The fourth-order valence-corrected chi connectivity index (χ4v) is 5.87. The van der Waals surface area contributed by atoms with Gasteiger partial charge in [0.05, 0.1) is 18.9 Å². The summed E-state index contributed by atoms with van der Waals surface area (Å²) in [6.45, 7) is 2.77. The highest BCUT2D eigenvalue weighted by Gasteiger charge is 2.32. The second-order valence-corrected chi connectivity index (χ2v) is 10.7. The molecule has 3 rings (SSSR count). The van der Waals surface area contributed by atoms with Gasteiger partial charge < -0.3 is 10.1 Å². The summed E-state index contributed by atoms with van der Waals surface area (Å²) in [7, 11) is -1.79. The highest BCUT2D eigenvalue weighted by Crippen LogP contribution is 2.25. The minimum Gasteiger partial charge on any atom is -0.497 e. The molecule has 1 atom stereocenters. The van der Waals surface area contributed by atoms with E-state index in [9.17, 15) is 13.2 Å². The highest BCUT2D eigenvalue weighted by atomic mass is 79.9. The lowest BCUT2D eigenvalue weighted by Gasteiger charge is -2.31. The Bertz CT molecular complexity index is 987. The van der Waals surface area contributed by atoms with Gasteiger partial charge in [0.2, 0.25) is 15.9 Å². The summed E-state index contributed by atoms with van der Waals surface area (Å²) < 4.78 is 33.2. The van der Waals surface area contributed by atoms with E-state index in [0.717, 1.165) is 27.8 Å².